The van der Waals surface area contributed by atoms with Crippen molar-refractivity contribution < 1.29 is 14.3 Å². The van der Waals surface area contributed by atoms with Gasteiger partial charge in [0.1, 0.15) is 23.3 Å². The van der Waals surface area contributed by atoms with E-state index in [4.69, 9.17) is 14.7 Å². The van der Waals surface area contributed by atoms with Crippen LogP contribution in [0, 0.1) is 11.3 Å². The first kappa shape index (κ1) is 18.7. The molecule has 3 aromatic rings. The predicted molar refractivity (Wildman–Crippen MR) is 106 cm³/mol. The van der Waals surface area contributed by atoms with E-state index >= 15 is 0 Å². The van der Waals surface area contributed by atoms with Gasteiger partial charge in [0.05, 0.1) is 31.2 Å². The van der Waals surface area contributed by atoms with Gasteiger partial charge in [-0.1, -0.05) is 12.1 Å². The molecule has 7 heteroatoms. The molecule has 0 bridgehead atoms. The first-order valence-corrected chi connectivity index (χ1v) is 8.40. The van der Waals surface area contributed by atoms with Crippen LogP contribution in [0.5, 0.6) is 11.5 Å². The summed E-state index contributed by atoms with van der Waals surface area (Å²) in [6.07, 6.45) is 1.53. The number of carbonyl (C=O) groups is 1. The van der Waals surface area contributed by atoms with E-state index in [2.05, 4.69) is 15.6 Å². The van der Waals surface area contributed by atoms with Gasteiger partial charge in [0.25, 0.3) is 5.91 Å². The van der Waals surface area contributed by atoms with E-state index in [0.717, 1.165) is 5.69 Å². The van der Waals surface area contributed by atoms with Crippen molar-refractivity contribution in [3.63, 3.8) is 0 Å². The quantitative estimate of drug-likeness (QED) is 0.678. The Kier molecular flexibility index (Phi) is 5.72. The van der Waals surface area contributed by atoms with E-state index < -0.39 is 5.91 Å². The van der Waals surface area contributed by atoms with Crippen LogP contribution in [0.2, 0.25) is 0 Å². The van der Waals surface area contributed by atoms with E-state index in [1.807, 2.05) is 12.1 Å². The molecule has 0 unspecified atom stereocenters. The highest BCUT2D eigenvalue weighted by Gasteiger charge is 2.12. The number of hydrogen-bond acceptors (Lipinski definition) is 6. The standard InChI is InChI=1S/C21H18N4O3/c1-27-16-7-8-18(20(12-16)28-2)24-15-9-10-23-19(11-15)21(26)25-17-6-4-3-5-14(17)13-22/h3-12H,1-2H3,(H,23,24)(H,25,26). The lowest BCUT2D eigenvalue weighted by Crippen LogP contribution is -2.14. The maximum Gasteiger partial charge on any atom is 0.274 e. The third-order valence-electron chi connectivity index (χ3n) is 3.98. The lowest BCUT2D eigenvalue weighted by molar-refractivity contribution is 0.102. The summed E-state index contributed by atoms with van der Waals surface area (Å²) in [6.45, 7) is 0. The van der Waals surface area contributed by atoms with E-state index in [0.29, 0.717) is 28.4 Å². The summed E-state index contributed by atoms with van der Waals surface area (Å²) in [5.41, 5.74) is 2.41. The minimum absolute atomic E-state index is 0.213. The number of nitrogens with zero attached hydrogens (tertiary/aromatic N) is 2. The second kappa shape index (κ2) is 8.56. The second-order valence-electron chi connectivity index (χ2n) is 5.73. The molecule has 140 valence electrons. The zero-order chi connectivity index (χ0) is 19.9. The van der Waals surface area contributed by atoms with Gasteiger partial charge in [0.2, 0.25) is 0 Å². The van der Waals surface area contributed by atoms with E-state index in [1.54, 1.807) is 62.8 Å². The molecule has 1 aromatic heterocycles. The largest absolute Gasteiger partial charge is 0.497 e. The molecule has 28 heavy (non-hydrogen) atoms. The summed E-state index contributed by atoms with van der Waals surface area (Å²) < 4.78 is 10.6. The number of amides is 1. The smallest absolute Gasteiger partial charge is 0.274 e. The Bertz CT molecular complexity index is 1040. The number of hydrogen-bond donors (Lipinski definition) is 2. The van der Waals surface area contributed by atoms with E-state index in [9.17, 15) is 4.79 Å². The van der Waals surface area contributed by atoms with Crippen LogP contribution in [-0.2, 0) is 0 Å². The Labute approximate surface area is 162 Å². The topological polar surface area (TPSA) is 96.3 Å². The molecule has 2 aromatic carbocycles. The fraction of sp³-hybridized carbons (Fsp3) is 0.0952. The van der Waals surface area contributed by atoms with Crippen LogP contribution in [-0.4, -0.2) is 25.1 Å². The van der Waals surface area contributed by atoms with Gasteiger partial charge in [-0.2, -0.15) is 5.26 Å². The van der Waals surface area contributed by atoms with Gasteiger partial charge in [-0.15, -0.1) is 0 Å². The molecule has 7 nitrogen and oxygen atoms in total. The third-order valence-corrected chi connectivity index (χ3v) is 3.98. The molecule has 0 aliphatic rings. The molecule has 0 fully saturated rings. The number of anilines is 3. The molecular formula is C21H18N4O3. The number of nitriles is 1. The lowest BCUT2D eigenvalue weighted by atomic mass is 10.2. The highest BCUT2D eigenvalue weighted by atomic mass is 16.5. The van der Waals surface area contributed by atoms with Gasteiger partial charge >= 0.3 is 0 Å². The summed E-state index contributed by atoms with van der Waals surface area (Å²) in [4.78, 5) is 16.7. The first-order chi connectivity index (χ1) is 13.6. The Morgan fingerprint density at radius 2 is 1.86 bits per heavy atom. The van der Waals surface area contributed by atoms with E-state index in [-0.39, 0.29) is 5.69 Å². The van der Waals surface area contributed by atoms with Crippen molar-refractivity contribution in [3.05, 3.63) is 72.1 Å². The summed E-state index contributed by atoms with van der Waals surface area (Å²) >= 11 is 0. The molecule has 0 aliphatic heterocycles. The molecule has 2 N–H and O–H groups in total. The second-order valence-corrected chi connectivity index (χ2v) is 5.73. The molecule has 0 spiro atoms. The van der Waals surface area contributed by atoms with Gasteiger partial charge < -0.3 is 20.1 Å². The van der Waals surface area contributed by atoms with Crippen LogP contribution >= 0.6 is 0 Å². The number of rotatable bonds is 6. The van der Waals surface area contributed by atoms with Gasteiger partial charge in [-0.25, -0.2) is 0 Å². The van der Waals surface area contributed by atoms with Gasteiger partial charge in [-0.05, 0) is 36.4 Å². The summed E-state index contributed by atoms with van der Waals surface area (Å²) in [6, 6.07) is 17.6. The average Bonchev–Trinajstić information content (AvgIpc) is 2.74. The lowest BCUT2D eigenvalue weighted by Gasteiger charge is -2.13. The van der Waals surface area contributed by atoms with Crippen molar-refractivity contribution in [1.82, 2.24) is 4.98 Å². The summed E-state index contributed by atoms with van der Waals surface area (Å²) in [5, 5.41) is 15.1. The van der Waals surface area contributed by atoms with Gasteiger partial charge in [-0.3, -0.25) is 9.78 Å². The number of ether oxygens (including phenoxy) is 2. The summed E-state index contributed by atoms with van der Waals surface area (Å²) in [5.74, 6) is 0.867. The van der Waals surface area contributed by atoms with Crippen molar-refractivity contribution in [1.29, 1.82) is 5.26 Å². The van der Waals surface area contributed by atoms with Crippen molar-refractivity contribution >= 4 is 23.0 Å². The fourth-order valence-electron chi connectivity index (χ4n) is 2.57. The number of para-hydroxylation sites is 1. The normalized spacial score (nSPS) is 9.89. The fourth-order valence-corrected chi connectivity index (χ4v) is 2.57. The summed E-state index contributed by atoms with van der Waals surface area (Å²) in [7, 11) is 3.15. The average molecular weight is 374 g/mol. The van der Waals surface area contributed by atoms with Crippen LogP contribution in [0.15, 0.2) is 60.8 Å². The van der Waals surface area contributed by atoms with Crippen molar-refractivity contribution in [2.45, 2.75) is 0 Å². The SMILES string of the molecule is COc1ccc(Nc2ccnc(C(=O)Nc3ccccc3C#N)c2)c(OC)c1. The monoisotopic (exact) mass is 374 g/mol. The number of aromatic nitrogens is 1. The number of carbonyl (C=O) groups excluding carboxylic acids is 1. The zero-order valence-electron chi connectivity index (χ0n) is 15.4. The Balaban J connectivity index is 1.81. The number of benzene rings is 2. The highest BCUT2D eigenvalue weighted by molar-refractivity contribution is 6.04. The van der Waals surface area contributed by atoms with Gasteiger partial charge in [0, 0.05) is 18.0 Å². The molecule has 1 heterocycles. The molecule has 3 rings (SSSR count). The zero-order valence-corrected chi connectivity index (χ0v) is 15.4. The van der Waals surface area contributed by atoms with Crippen LogP contribution in [0.25, 0.3) is 0 Å². The first-order valence-electron chi connectivity index (χ1n) is 8.40. The van der Waals surface area contributed by atoms with E-state index in [1.165, 1.54) is 6.20 Å². The van der Waals surface area contributed by atoms with Crippen LogP contribution in [0.4, 0.5) is 17.1 Å². The molecule has 0 aliphatic carbocycles. The minimum atomic E-state index is -0.409. The molecule has 1 amide bonds. The maximum atomic E-state index is 12.5. The Morgan fingerprint density at radius 1 is 1.04 bits per heavy atom. The predicted octanol–water partition coefficient (Wildman–Crippen LogP) is 3.97. The van der Waals surface area contributed by atoms with Crippen LogP contribution < -0.4 is 20.1 Å². The molecular weight excluding hydrogens is 356 g/mol. The molecule has 0 radical (unpaired) electrons. The highest BCUT2D eigenvalue weighted by Crippen LogP contribution is 2.31. The Hall–Kier alpha value is -4.05. The van der Waals surface area contributed by atoms with Crippen molar-refractivity contribution in [2.24, 2.45) is 0 Å². The van der Waals surface area contributed by atoms with Crippen molar-refractivity contribution in [2.75, 3.05) is 24.9 Å². The Morgan fingerprint density at radius 3 is 2.61 bits per heavy atom. The number of pyridine rings is 1. The van der Waals surface area contributed by atoms with Crippen LogP contribution in [0.3, 0.4) is 0 Å². The minimum Gasteiger partial charge on any atom is -0.497 e. The maximum absolute atomic E-state index is 12.5. The number of nitrogens with one attached hydrogen (secondary N) is 2. The van der Waals surface area contributed by atoms with Gasteiger partial charge in [0.15, 0.2) is 0 Å². The van der Waals surface area contributed by atoms with Crippen molar-refractivity contribution in [3.8, 4) is 17.6 Å². The number of methoxy groups -OCH3 is 2. The molecule has 0 atom stereocenters. The van der Waals surface area contributed by atoms with Crippen LogP contribution in [0.1, 0.15) is 16.1 Å². The molecule has 0 saturated heterocycles. The molecule has 0 saturated carbocycles. The third kappa shape index (κ3) is 4.19.